The van der Waals surface area contributed by atoms with Crippen LogP contribution in [-0.4, -0.2) is 31.0 Å². The highest BCUT2D eigenvalue weighted by Gasteiger charge is 2.31. The molecule has 2 aliphatic heterocycles. The minimum absolute atomic E-state index is 0.311. The van der Waals surface area contributed by atoms with Crippen molar-refractivity contribution in [1.29, 1.82) is 0 Å². The van der Waals surface area contributed by atoms with Gasteiger partial charge in [0.1, 0.15) is 0 Å². The quantitative estimate of drug-likeness (QED) is 0.914. The molecule has 2 aliphatic rings. The van der Waals surface area contributed by atoms with Gasteiger partial charge < -0.3 is 5.32 Å². The van der Waals surface area contributed by atoms with Crippen molar-refractivity contribution in [3.8, 4) is 0 Å². The Balaban J connectivity index is 1.72. The first kappa shape index (κ1) is 13.7. The van der Waals surface area contributed by atoms with Gasteiger partial charge in [-0.15, -0.1) is 0 Å². The molecule has 1 fully saturated rings. The van der Waals surface area contributed by atoms with Crippen molar-refractivity contribution in [2.75, 3.05) is 19.6 Å². The maximum Gasteiger partial charge on any atom is 0.0921 e. The first-order chi connectivity index (χ1) is 10.9. The van der Waals surface area contributed by atoms with Gasteiger partial charge in [0.15, 0.2) is 0 Å². The lowest BCUT2D eigenvalue weighted by molar-refractivity contribution is 0.0898. The van der Waals surface area contributed by atoms with Crippen LogP contribution in [0.4, 0.5) is 0 Å². The van der Waals surface area contributed by atoms with Gasteiger partial charge in [-0.3, -0.25) is 0 Å². The number of hydrazine groups is 1. The highest BCUT2D eigenvalue weighted by Crippen LogP contribution is 2.35. The molecule has 2 heterocycles. The number of rotatable bonds is 3. The van der Waals surface area contributed by atoms with Crippen LogP contribution in [0.15, 0.2) is 47.6 Å². The molecule has 0 radical (unpaired) electrons. The number of hydrogen-bond acceptors (Lipinski definition) is 4. The molecule has 0 spiro atoms. The molecule has 0 aliphatic carbocycles. The van der Waals surface area contributed by atoms with Crippen LogP contribution in [0.5, 0.6) is 0 Å². The standard InChI is InChI=1S/C18H22N4/c1-2-4-16-13-17(6-5-14(16)3-1)18(22-20-11-12-21-22)15-7-9-19-10-8-15/h1-6,11,13,15,18-19,21H,7-10,12H2/t18-/m1/s1. The largest absolute Gasteiger partial charge is 0.317 e. The molecule has 0 bridgehead atoms. The summed E-state index contributed by atoms with van der Waals surface area (Å²) >= 11 is 0. The normalized spacial score (nSPS) is 20.6. The van der Waals surface area contributed by atoms with Crippen molar-refractivity contribution in [2.24, 2.45) is 11.0 Å². The van der Waals surface area contributed by atoms with Gasteiger partial charge in [0.2, 0.25) is 0 Å². The molecule has 1 atom stereocenters. The number of fused-ring (bicyclic) bond motifs is 1. The van der Waals surface area contributed by atoms with E-state index in [1.165, 1.54) is 29.2 Å². The SMILES string of the molecule is C1=NN([C@@H](c2ccc3ccccc3c2)C2CCNCC2)NC1. The second kappa shape index (κ2) is 6.07. The van der Waals surface area contributed by atoms with E-state index in [0.29, 0.717) is 12.0 Å². The van der Waals surface area contributed by atoms with E-state index in [0.717, 1.165) is 19.6 Å². The highest BCUT2D eigenvalue weighted by molar-refractivity contribution is 5.83. The molecule has 4 nitrogen and oxygen atoms in total. The van der Waals surface area contributed by atoms with Gasteiger partial charge in [-0.2, -0.15) is 5.10 Å². The van der Waals surface area contributed by atoms with Crippen molar-refractivity contribution < 1.29 is 0 Å². The molecule has 0 aromatic heterocycles. The molecule has 22 heavy (non-hydrogen) atoms. The van der Waals surface area contributed by atoms with Crippen LogP contribution < -0.4 is 10.7 Å². The summed E-state index contributed by atoms with van der Waals surface area (Å²) in [4.78, 5) is 0. The number of nitrogens with one attached hydrogen (secondary N) is 2. The average Bonchev–Trinajstić information content (AvgIpc) is 3.10. The van der Waals surface area contributed by atoms with Crippen molar-refractivity contribution in [2.45, 2.75) is 18.9 Å². The minimum atomic E-state index is 0.311. The molecule has 4 heteroatoms. The molecule has 0 unspecified atom stereocenters. The van der Waals surface area contributed by atoms with Gasteiger partial charge in [-0.1, -0.05) is 36.4 Å². The van der Waals surface area contributed by atoms with E-state index in [1.54, 1.807) is 0 Å². The first-order valence-electron chi connectivity index (χ1n) is 8.16. The van der Waals surface area contributed by atoms with Crippen LogP contribution in [0.25, 0.3) is 10.8 Å². The van der Waals surface area contributed by atoms with Crippen molar-refractivity contribution >= 4 is 17.0 Å². The summed E-state index contributed by atoms with van der Waals surface area (Å²) in [7, 11) is 0. The van der Waals surface area contributed by atoms with Crippen molar-refractivity contribution in [1.82, 2.24) is 15.9 Å². The molecule has 0 amide bonds. The summed E-state index contributed by atoms with van der Waals surface area (Å²) < 4.78 is 0. The zero-order chi connectivity index (χ0) is 14.8. The topological polar surface area (TPSA) is 39.7 Å². The zero-order valence-corrected chi connectivity index (χ0v) is 12.7. The fourth-order valence-electron chi connectivity index (χ4n) is 3.64. The Morgan fingerprint density at radius 2 is 1.86 bits per heavy atom. The molecule has 4 rings (SSSR count). The van der Waals surface area contributed by atoms with E-state index in [1.807, 2.05) is 6.21 Å². The van der Waals surface area contributed by atoms with E-state index in [2.05, 4.69) is 63.4 Å². The maximum atomic E-state index is 4.54. The molecule has 0 saturated carbocycles. The number of piperidine rings is 1. The lowest BCUT2D eigenvalue weighted by Gasteiger charge is -2.36. The zero-order valence-electron chi connectivity index (χ0n) is 12.7. The van der Waals surface area contributed by atoms with E-state index < -0.39 is 0 Å². The third-order valence-electron chi connectivity index (χ3n) is 4.76. The molecule has 1 saturated heterocycles. The summed E-state index contributed by atoms with van der Waals surface area (Å²) in [6.07, 6.45) is 4.35. The minimum Gasteiger partial charge on any atom is -0.317 e. The molecule has 114 valence electrons. The molecular weight excluding hydrogens is 272 g/mol. The van der Waals surface area contributed by atoms with Crippen LogP contribution in [0.3, 0.4) is 0 Å². The Hall–Kier alpha value is -1.91. The smallest absolute Gasteiger partial charge is 0.0921 e. The van der Waals surface area contributed by atoms with E-state index in [-0.39, 0.29) is 0 Å². The third kappa shape index (κ3) is 2.60. The summed E-state index contributed by atoms with van der Waals surface area (Å²) in [5.74, 6) is 0.630. The third-order valence-corrected chi connectivity index (χ3v) is 4.76. The summed E-state index contributed by atoms with van der Waals surface area (Å²) in [5.41, 5.74) is 4.75. The summed E-state index contributed by atoms with van der Waals surface area (Å²) in [5, 5.41) is 12.7. The Bertz CT molecular complexity index is 676. The van der Waals surface area contributed by atoms with Crippen LogP contribution in [0, 0.1) is 5.92 Å². The predicted octanol–water partition coefficient (Wildman–Crippen LogP) is 2.69. The summed E-state index contributed by atoms with van der Waals surface area (Å²) in [6, 6.07) is 15.7. The van der Waals surface area contributed by atoms with Gasteiger partial charge in [-0.25, -0.2) is 10.5 Å². The predicted molar refractivity (Wildman–Crippen MR) is 90.6 cm³/mol. The van der Waals surface area contributed by atoms with Gasteiger partial charge in [0, 0.05) is 6.21 Å². The van der Waals surface area contributed by atoms with Crippen LogP contribution in [0.1, 0.15) is 24.4 Å². The van der Waals surface area contributed by atoms with Gasteiger partial charge in [0.05, 0.1) is 12.6 Å². The fourth-order valence-corrected chi connectivity index (χ4v) is 3.64. The second-order valence-electron chi connectivity index (χ2n) is 6.14. The monoisotopic (exact) mass is 294 g/mol. The summed E-state index contributed by atoms with van der Waals surface area (Å²) in [6.45, 7) is 3.04. The number of hydrazone groups is 1. The highest BCUT2D eigenvalue weighted by atomic mass is 15.7. The molecule has 2 aromatic rings. The van der Waals surface area contributed by atoms with Crippen LogP contribution in [0.2, 0.25) is 0 Å². The average molecular weight is 294 g/mol. The van der Waals surface area contributed by atoms with Gasteiger partial charge in [-0.05, 0) is 54.3 Å². The van der Waals surface area contributed by atoms with Crippen molar-refractivity contribution in [3.63, 3.8) is 0 Å². The van der Waals surface area contributed by atoms with E-state index >= 15 is 0 Å². The molecular formula is C18H22N4. The van der Waals surface area contributed by atoms with E-state index in [9.17, 15) is 0 Å². The molecule has 2 N–H and O–H groups in total. The first-order valence-corrected chi connectivity index (χ1v) is 8.16. The number of nitrogens with zero attached hydrogens (tertiary/aromatic N) is 2. The molecule has 2 aromatic carbocycles. The van der Waals surface area contributed by atoms with Gasteiger partial charge >= 0.3 is 0 Å². The van der Waals surface area contributed by atoms with Gasteiger partial charge in [0.25, 0.3) is 0 Å². The number of benzene rings is 2. The Morgan fingerprint density at radius 3 is 2.64 bits per heavy atom. The van der Waals surface area contributed by atoms with Crippen LogP contribution in [-0.2, 0) is 0 Å². The van der Waals surface area contributed by atoms with Crippen molar-refractivity contribution in [3.05, 3.63) is 48.0 Å². The number of hydrogen-bond donors (Lipinski definition) is 2. The fraction of sp³-hybridized carbons (Fsp3) is 0.389. The lowest BCUT2D eigenvalue weighted by atomic mass is 9.85. The second-order valence-corrected chi connectivity index (χ2v) is 6.14. The van der Waals surface area contributed by atoms with E-state index in [4.69, 9.17) is 0 Å². The lowest BCUT2D eigenvalue weighted by Crippen LogP contribution is -2.40. The Labute approximate surface area is 131 Å². The van der Waals surface area contributed by atoms with Crippen LogP contribution >= 0.6 is 0 Å². The maximum absolute atomic E-state index is 4.54. The Morgan fingerprint density at radius 1 is 1.05 bits per heavy atom. The Kier molecular flexibility index (Phi) is 3.79.